The van der Waals surface area contributed by atoms with Gasteiger partial charge in [0.25, 0.3) is 5.56 Å². The van der Waals surface area contributed by atoms with Crippen molar-refractivity contribution in [3.05, 3.63) is 34.2 Å². The van der Waals surface area contributed by atoms with E-state index in [4.69, 9.17) is 0 Å². The highest BCUT2D eigenvalue weighted by molar-refractivity contribution is 5.78. The summed E-state index contributed by atoms with van der Waals surface area (Å²) in [6, 6.07) is 3.38. The van der Waals surface area contributed by atoms with Crippen LogP contribution in [0.5, 0.6) is 0 Å². The van der Waals surface area contributed by atoms with Gasteiger partial charge in [0.15, 0.2) is 0 Å². The van der Waals surface area contributed by atoms with Crippen LogP contribution >= 0.6 is 0 Å². The molecule has 0 spiro atoms. The third-order valence-electron chi connectivity index (χ3n) is 2.13. The quantitative estimate of drug-likeness (QED) is 0.620. The summed E-state index contributed by atoms with van der Waals surface area (Å²) < 4.78 is 1.65. The van der Waals surface area contributed by atoms with E-state index in [0.717, 1.165) is 16.6 Å². The molecule has 2 aromatic heterocycles. The molecule has 0 saturated carbocycles. The first-order valence-electron chi connectivity index (χ1n) is 3.84. The molecule has 0 aliphatic heterocycles. The summed E-state index contributed by atoms with van der Waals surface area (Å²) in [6.45, 7) is 1.98. The number of aromatic nitrogens is 2. The first kappa shape index (κ1) is 7.16. The van der Waals surface area contributed by atoms with E-state index in [2.05, 4.69) is 4.98 Å². The van der Waals surface area contributed by atoms with E-state index in [1.807, 2.05) is 19.2 Å². The van der Waals surface area contributed by atoms with E-state index in [1.54, 1.807) is 17.7 Å². The van der Waals surface area contributed by atoms with E-state index in [-0.39, 0.29) is 5.56 Å². The topological polar surface area (TPSA) is 37.8 Å². The highest BCUT2D eigenvalue weighted by Gasteiger charge is 2.02. The van der Waals surface area contributed by atoms with Gasteiger partial charge in [-0.3, -0.25) is 4.79 Å². The van der Waals surface area contributed by atoms with Gasteiger partial charge in [-0.2, -0.15) is 0 Å². The van der Waals surface area contributed by atoms with Crippen molar-refractivity contribution in [2.45, 2.75) is 6.92 Å². The van der Waals surface area contributed by atoms with Crippen LogP contribution in [0.4, 0.5) is 0 Å². The fourth-order valence-corrected chi connectivity index (χ4v) is 1.48. The second-order valence-corrected chi connectivity index (χ2v) is 2.96. The second-order valence-electron chi connectivity index (χ2n) is 2.96. The predicted octanol–water partition coefficient (Wildman–Crippen LogP) is 1.18. The van der Waals surface area contributed by atoms with Crippen LogP contribution in [-0.4, -0.2) is 9.55 Å². The average Bonchev–Trinajstić information content (AvgIpc) is 2.41. The smallest absolute Gasteiger partial charge is 0.250 e. The van der Waals surface area contributed by atoms with Crippen LogP contribution in [-0.2, 0) is 7.05 Å². The van der Waals surface area contributed by atoms with Crippen molar-refractivity contribution in [3.63, 3.8) is 0 Å². The molecule has 0 amide bonds. The minimum atomic E-state index is 0.0326. The SMILES string of the molecule is Cc1c[nH]c2ccc(=O)n(C)c12. The summed E-state index contributed by atoms with van der Waals surface area (Å²) in [5.41, 5.74) is 3.13. The van der Waals surface area contributed by atoms with Crippen molar-refractivity contribution >= 4 is 11.0 Å². The normalized spacial score (nSPS) is 10.8. The zero-order chi connectivity index (χ0) is 8.72. The van der Waals surface area contributed by atoms with Gasteiger partial charge in [-0.15, -0.1) is 0 Å². The first-order valence-corrected chi connectivity index (χ1v) is 3.84. The molecule has 2 heterocycles. The summed E-state index contributed by atoms with van der Waals surface area (Å²) in [5, 5.41) is 0. The fourth-order valence-electron chi connectivity index (χ4n) is 1.48. The predicted molar refractivity (Wildman–Crippen MR) is 48.3 cm³/mol. The number of H-pyrrole nitrogens is 1. The maximum absolute atomic E-state index is 11.2. The number of rotatable bonds is 0. The lowest BCUT2D eigenvalue weighted by atomic mass is 10.3. The summed E-state index contributed by atoms with van der Waals surface area (Å²) >= 11 is 0. The number of nitrogens with zero attached hydrogens (tertiary/aromatic N) is 1. The maximum atomic E-state index is 11.2. The average molecular weight is 162 g/mol. The molecule has 3 nitrogen and oxygen atoms in total. The Kier molecular flexibility index (Phi) is 1.33. The van der Waals surface area contributed by atoms with Crippen LogP contribution in [0.15, 0.2) is 23.1 Å². The summed E-state index contributed by atoms with van der Waals surface area (Å²) in [7, 11) is 1.78. The molecule has 1 N–H and O–H groups in total. The molecule has 2 aromatic rings. The molecule has 0 aliphatic rings. The van der Waals surface area contributed by atoms with Gasteiger partial charge in [0.05, 0.1) is 11.0 Å². The number of hydrogen-bond donors (Lipinski definition) is 1. The Hall–Kier alpha value is -1.51. The van der Waals surface area contributed by atoms with Gasteiger partial charge in [0, 0.05) is 19.3 Å². The molecular weight excluding hydrogens is 152 g/mol. The number of aryl methyl sites for hydroxylation is 2. The van der Waals surface area contributed by atoms with Crippen LogP contribution in [0.3, 0.4) is 0 Å². The van der Waals surface area contributed by atoms with E-state index in [0.29, 0.717) is 0 Å². The van der Waals surface area contributed by atoms with Crippen LogP contribution in [0.2, 0.25) is 0 Å². The second kappa shape index (κ2) is 2.24. The third-order valence-corrected chi connectivity index (χ3v) is 2.13. The van der Waals surface area contributed by atoms with Crippen molar-refractivity contribution in [1.82, 2.24) is 9.55 Å². The van der Waals surface area contributed by atoms with Gasteiger partial charge >= 0.3 is 0 Å². The highest BCUT2D eigenvalue weighted by atomic mass is 16.1. The lowest BCUT2D eigenvalue weighted by Gasteiger charge is -1.99. The number of pyridine rings is 1. The molecule has 0 aliphatic carbocycles. The largest absolute Gasteiger partial charge is 0.360 e. The van der Waals surface area contributed by atoms with Gasteiger partial charge < -0.3 is 9.55 Å². The molecule has 62 valence electrons. The van der Waals surface area contributed by atoms with E-state index >= 15 is 0 Å². The Morgan fingerprint density at radius 2 is 2.17 bits per heavy atom. The molecule has 2 rings (SSSR count). The minimum Gasteiger partial charge on any atom is -0.360 e. The highest BCUT2D eigenvalue weighted by Crippen LogP contribution is 2.13. The van der Waals surface area contributed by atoms with Crippen molar-refractivity contribution in [2.24, 2.45) is 7.05 Å². The zero-order valence-corrected chi connectivity index (χ0v) is 7.09. The zero-order valence-electron chi connectivity index (χ0n) is 7.09. The number of fused-ring (bicyclic) bond motifs is 1. The van der Waals surface area contributed by atoms with Gasteiger partial charge in [0.2, 0.25) is 0 Å². The minimum absolute atomic E-state index is 0.0326. The molecule has 0 aromatic carbocycles. The Morgan fingerprint density at radius 3 is 2.92 bits per heavy atom. The van der Waals surface area contributed by atoms with Crippen molar-refractivity contribution in [1.29, 1.82) is 0 Å². The Morgan fingerprint density at radius 1 is 1.42 bits per heavy atom. The van der Waals surface area contributed by atoms with Crippen molar-refractivity contribution < 1.29 is 0 Å². The lowest BCUT2D eigenvalue weighted by molar-refractivity contribution is 0.904. The van der Waals surface area contributed by atoms with Gasteiger partial charge in [-0.05, 0) is 18.6 Å². The van der Waals surface area contributed by atoms with E-state index < -0.39 is 0 Å². The van der Waals surface area contributed by atoms with Crippen molar-refractivity contribution in [2.75, 3.05) is 0 Å². The molecule has 0 bridgehead atoms. The van der Waals surface area contributed by atoms with Gasteiger partial charge in [-0.1, -0.05) is 0 Å². The number of aromatic amines is 1. The fraction of sp³-hybridized carbons (Fsp3) is 0.222. The molecular formula is C9H10N2O. The lowest BCUT2D eigenvalue weighted by Crippen LogP contribution is -2.14. The van der Waals surface area contributed by atoms with Crippen molar-refractivity contribution in [3.8, 4) is 0 Å². The van der Waals surface area contributed by atoms with E-state index in [9.17, 15) is 4.79 Å². The standard InChI is InChI=1S/C9H10N2O/c1-6-5-10-7-3-4-8(12)11(2)9(6)7/h3-5,10H,1-2H3. The van der Waals surface area contributed by atoms with E-state index in [1.165, 1.54) is 0 Å². The Bertz CT molecular complexity index is 479. The molecule has 12 heavy (non-hydrogen) atoms. The Balaban J connectivity index is 3.06. The summed E-state index contributed by atoms with van der Waals surface area (Å²) in [5.74, 6) is 0. The first-order chi connectivity index (χ1) is 5.70. The third kappa shape index (κ3) is 0.794. The van der Waals surface area contributed by atoms with Gasteiger partial charge in [0.1, 0.15) is 0 Å². The monoisotopic (exact) mass is 162 g/mol. The molecule has 0 saturated heterocycles. The van der Waals surface area contributed by atoms with Gasteiger partial charge in [-0.25, -0.2) is 0 Å². The molecule has 0 atom stereocenters. The molecule has 0 fully saturated rings. The van der Waals surface area contributed by atoms with Crippen LogP contribution in [0.25, 0.3) is 11.0 Å². The van der Waals surface area contributed by atoms with Crippen LogP contribution in [0.1, 0.15) is 5.56 Å². The molecule has 3 heteroatoms. The summed E-state index contributed by atoms with van der Waals surface area (Å²) in [6.07, 6.45) is 1.91. The number of hydrogen-bond acceptors (Lipinski definition) is 1. The number of nitrogens with one attached hydrogen (secondary N) is 1. The summed E-state index contributed by atoms with van der Waals surface area (Å²) in [4.78, 5) is 14.3. The molecule has 0 unspecified atom stereocenters. The maximum Gasteiger partial charge on any atom is 0.250 e. The van der Waals surface area contributed by atoms with Crippen LogP contribution < -0.4 is 5.56 Å². The molecule has 0 radical (unpaired) electrons. The van der Waals surface area contributed by atoms with Crippen LogP contribution in [0, 0.1) is 6.92 Å². The Labute approximate surface area is 69.6 Å².